The summed E-state index contributed by atoms with van der Waals surface area (Å²) in [5, 5.41) is 0.376. The van der Waals surface area contributed by atoms with Crippen LogP contribution in [0.15, 0.2) is 42.5 Å². The second-order valence-electron chi connectivity index (χ2n) is 6.31. The highest BCUT2D eigenvalue weighted by molar-refractivity contribution is 6.42. The molecule has 0 spiro atoms. The fourth-order valence-electron chi connectivity index (χ4n) is 2.61. The van der Waals surface area contributed by atoms with Gasteiger partial charge >= 0.3 is 6.04 Å². The molecule has 9 heteroatoms. The van der Waals surface area contributed by atoms with Crippen LogP contribution in [-0.2, 0) is 6.42 Å². The SMILES string of the molecule is CCCc1ccc(F)c(Cl)c1Cl.O=C(F)c1ccc(-c2cc(F)c(F)c(F)c2)c(F)c1. The predicted octanol–water partition coefficient (Wildman–Crippen LogP) is 8.10. The van der Waals surface area contributed by atoms with E-state index < -0.39 is 40.7 Å². The van der Waals surface area contributed by atoms with Crippen LogP contribution in [0.5, 0.6) is 0 Å². The summed E-state index contributed by atoms with van der Waals surface area (Å²) in [7, 11) is 0. The van der Waals surface area contributed by atoms with Gasteiger partial charge in [0.25, 0.3) is 0 Å². The van der Waals surface area contributed by atoms with Crippen molar-refractivity contribution in [1.82, 2.24) is 0 Å². The van der Waals surface area contributed by atoms with Gasteiger partial charge < -0.3 is 0 Å². The molecular weight excluding hydrogens is 465 g/mol. The molecule has 31 heavy (non-hydrogen) atoms. The van der Waals surface area contributed by atoms with E-state index in [1.54, 1.807) is 6.07 Å². The van der Waals surface area contributed by atoms with Crippen molar-refractivity contribution in [3.05, 3.63) is 92.7 Å². The third-order valence-electron chi connectivity index (χ3n) is 4.13. The second-order valence-corrected chi connectivity index (χ2v) is 7.06. The average molecular weight is 479 g/mol. The summed E-state index contributed by atoms with van der Waals surface area (Å²) in [5.74, 6) is -6.12. The molecule has 1 nitrogen and oxygen atoms in total. The van der Waals surface area contributed by atoms with Crippen molar-refractivity contribution in [3.8, 4) is 11.1 Å². The topological polar surface area (TPSA) is 17.1 Å². The number of benzene rings is 3. The molecule has 0 N–H and O–H groups in total. The highest BCUT2D eigenvalue weighted by atomic mass is 35.5. The lowest BCUT2D eigenvalue weighted by atomic mass is 10.0. The van der Waals surface area contributed by atoms with E-state index in [-0.39, 0.29) is 16.1 Å². The van der Waals surface area contributed by atoms with Crippen LogP contribution < -0.4 is 0 Å². The maximum Gasteiger partial charge on any atom is 0.332 e. The summed E-state index contributed by atoms with van der Waals surface area (Å²) in [6, 6.07) is 4.93. The van der Waals surface area contributed by atoms with Crippen LogP contribution in [-0.4, -0.2) is 6.04 Å². The molecule has 0 saturated carbocycles. The fourth-order valence-corrected chi connectivity index (χ4v) is 3.04. The standard InChI is InChI=1S/C13H5F5O.C9H9Cl2F/c14-9-3-6(13(18)19)1-2-8(9)7-4-10(15)12(17)11(16)5-7;1-2-3-6-4-5-7(12)9(11)8(6)10/h1-5H;4-5H,2-3H2,1H3. The van der Waals surface area contributed by atoms with Gasteiger partial charge in [0.2, 0.25) is 0 Å². The summed E-state index contributed by atoms with van der Waals surface area (Å²) >= 11 is 11.4. The first-order valence-electron chi connectivity index (χ1n) is 8.83. The number of carbonyl (C=O) groups excluding carboxylic acids is 1. The van der Waals surface area contributed by atoms with Gasteiger partial charge in [0.15, 0.2) is 17.5 Å². The number of carbonyl (C=O) groups is 1. The Labute approximate surface area is 184 Å². The lowest BCUT2D eigenvalue weighted by Gasteiger charge is -2.06. The molecule has 0 radical (unpaired) electrons. The third kappa shape index (κ3) is 6.02. The minimum absolute atomic E-state index is 0.0302. The van der Waals surface area contributed by atoms with Gasteiger partial charge in [-0.05, 0) is 47.9 Å². The molecule has 3 rings (SSSR count). The second kappa shape index (κ2) is 10.7. The quantitative estimate of drug-likeness (QED) is 0.210. The molecule has 0 aliphatic carbocycles. The van der Waals surface area contributed by atoms with Gasteiger partial charge in [-0.1, -0.05) is 48.7 Å². The molecule has 0 saturated heterocycles. The Morgan fingerprint density at radius 3 is 1.94 bits per heavy atom. The Hall–Kier alpha value is -2.51. The first kappa shape index (κ1) is 24.8. The predicted molar refractivity (Wildman–Crippen MR) is 108 cm³/mol. The van der Waals surface area contributed by atoms with E-state index in [0.29, 0.717) is 23.2 Å². The number of halogens is 8. The number of hydrogen-bond donors (Lipinski definition) is 0. The Kier molecular flexibility index (Phi) is 8.53. The zero-order valence-corrected chi connectivity index (χ0v) is 17.4. The van der Waals surface area contributed by atoms with Crippen LogP contribution in [0.3, 0.4) is 0 Å². The largest absolute Gasteiger partial charge is 0.332 e. The van der Waals surface area contributed by atoms with Crippen molar-refractivity contribution in [2.24, 2.45) is 0 Å². The van der Waals surface area contributed by atoms with Gasteiger partial charge in [0, 0.05) is 5.56 Å². The molecule has 0 heterocycles. The van der Waals surface area contributed by atoms with Gasteiger partial charge in [-0.3, -0.25) is 4.79 Å². The summed E-state index contributed by atoms with van der Waals surface area (Å²) in [4.78, 5) is 10.4. The van der Waals surface area contributed by atoms with Crippen molar-refractivity contribution in [2.75, 3.05) is 0 Å². The van der Waals surface area contributed by atoms with Crippen LogP contribution in [0.1, 0.15) is 29.3 Å². The van der Waals surface area contributed by atoms with Crippen molar-refractivity contribution in [2.45, 2.75) is 19.8 Å². The summed E-state index contributed by atoms with van der Waals surface area (Å²) in [6.07, 6.45) is 1.81. The lowest BCUT2D eigenvalue weighted by Crippen LogP contribution is -1.96. The molecule has 0 amide bonds. The molecular formula is C22H14Cl2F6O. The number of hydrogen-bond acceptors (Lipinski definition) is 1. The first-order valence-corrected chi connectivity index (χ1v) is 9.59. The van der Waals surface area contributed by atoms with Gasteiger partial charge in [-0.25, -0.2) is 22.0 Å². The Balaban J connectivity index is 0.000000245. The van der Waals surface area contributed by atoms with E-state index in [1.807, 2.05) is 6.92 Å². The van der Waals surface area contributed by atoms with Crippen LogP contribution in [0.2, 0.25) is 10.0 Å². The highest BCUT2D eigenvalue weighted by Gasteiger charge is 2.15. The Morgan fingerprint density at radius 2 is 1.42 bits per heavy atom. The van der Waals surface area contributed by atoms with Gasteiger partial charge in [0.05, 0.1) is 15.6 Å². The average Bonchev–Trinajstić information content (AvgIpc) is 2.72. The third-order valence-corrected chi connectivity index (χ3v) is 5.02. The minimum Gasteiger partial charge on any atom is -0.255 e. The fraction of sp³-hybridized carbons (Fsp3) is 0.136. The lowest BCUT2D eigenvalue weighted by molar-refractivity contribution is 0.0835. The summed E-state index contributed by atoms with van der Waals surface area (Å²) in [5.41, 5.74) is -0.149. The van der Waals surface area contributed by atoms with E-state index in [0.717, 1.165) is 30.5 Å². The summed E-state index contributed by atoms with van der Waals surface area (Å²) < 4.78 is 77.5. The van der Waals surface area contributed by atoms with E-state index in [1.165, 1.54) is 6.07 Å². The van der Waals surface area contributed by atoms with E-state index in [4.69, 9.17) is 23.2 Å². The number of aryl methyl sites for hydroxylation is 1. The Bertz CT molecular complexity index is 1090. The molecule has 0 bridgehead atoms. The van der Waals surface area contributed by atoms with E-state index >= 15 is 0 Å². The van der Waals surface area contributed by atoms with Crippen LogP contribution in [0.25, 0.3) is 11.1 Å². The van der Waals surface area contributed by atoms with Crippen LogP contribution >= 0.6 is 23.2 Å². The molecule has 0 fully saturated rings. The number of rotatable bonds is 4. The van der Waals surface area contributed by atoms with Crippen molar-refractivity contribution in [3.63, 3.8) is 0 Å². The van der Waals surface area contributed by atoms with Crippen molar-refractivity contribution in [1.29, 1.82) is 0 Å². The molecule has 3 aromatic carbocycles. The minimum atomic E-state index is -1.83. The maximum absolute atomic E-state index is 13.6. The monoisotopic (exact) mass is 478 g/mol. The molecule has 0 unspecified atom stereocenters. The molecule has 0 atom stereocenters. The van der Waals surface area contributed by atoms with Crippen LogP contribution in [0.4, 0.5) is 26.3 Å². The zero-order chi connectivity index (χ0) is 23.3. The molecule has 164 valence electrons. The summed E-state index contributed by atoms with van der Waals surface area (Å²) in [6.45, 7) is 2.04. The first-order chi connectivity index (χ1) is 14.6. The highest BCUT2D eigenvalue weighted by Crippen LogP contribution is 2.29. The molecule has 0 aliphatic heterocycles. The van der Waals surface area contributed by atoms with E-state index in [2.05, 4.69) is 0 Å². The van der Waals surface area contributed by atoms with Crippen molar-refractivity contribution < 1.29 is 31.1 Å². The van der Waals surface area contributed by atoms with Gasteiger partial charge in [-0.2, -0.15) is 4.39 Å². The molecule has 0 aliphatic rings. The molecule has 3 aromatic rings. The normalized spacial score (nSPS) is 10.5. The van der Waals surface area contributed by atoms with Gasteiger partial charge in [-0.15, -0.1) is 0 Å². The van der Waals surface area contributed by atoms with E-state index in [9.17, 15) is 31.1 Å². The Morgan fingerprint density at radius 1 is 0.806 bits per heavy atom. The van der Waals surface area contributed by atoms with Gasteiger partial charge in [0.1, 0.15) is 11.6 Å². The zero-order valence-electron chi connectivity index (χ0n) is 15.9. The maximum atomic E-state index is 13.6. The van der Waals surface area contributed by atoms with Crippen LogP contribution in [0, 0.1) is 29.1 Å². The van der Waals surface area contributed by atoms with Crippen molar-refractivity contribution >= 4 is 29.2 Å². The smallest absolute Gasteiger partial charge is 0.255 e. The molecule has 0 aromatic heterocycles.